The first-order chi connectivity index (χ1) is 10.5. The highest BCUT2D eigenvalue weighted by atomic mass is 16.2. The van der Waals surface area contributed by atoms with E-state index in [-0.39, 0.29) is 23.8 Å². The Hall–Kier alpha value is -1.89. The Balaban J connectivity index is 3.00. The van der Waals surface area contributed by atoms with Crippen LogP contribution in [0.3, 0.4) is 0 Å². The Kier molecular flexibility index (Phi) is 4.85. The molecule has 0 aliphatic carbocycles. The van der Waals surface area contributed by atoms with E-state index in [4.69, 9.17) is 5.73 Å². The summed E-state index contributed by atoms with van der Waals surface area (Å²) in [5.41, 5.74) is 6.07. The number of aromatic nitrogens is 4. The molecule has 2 N–H and O–H groups in total. The maximum absolute atomic E-state index is 12.8. The normalized spacial score (nSPS) is 13.0. The Morgan fingerprint density at radius 1 is 1.18 bits per heavy atom. The van der Waals surface area contributed by atoms with Gasteiger partial charge >= 0.3 is 5.69 Å². The molecular formula is C15H25N5O2. The number of hydrogen-bond acceptors (Lipinski definition) is 4. The maximum atomic E-state index is 12.8. The highest BCUT2D eigenvalue weighted by Gasteiger charge is 2.21. The molecule has 122 valence electrons. The van der Waals surface area contributed by atoms with Crippen LogP contribution in [0.15, 0.2) is 9.59 Å². The van der Waals surface area contributed by atoms with Crippen molar-refractivity contribution in [3.63, 3.8) is 0 Å². The van der Waals surface area contributed by atoms with Crippen molar-refractivity contribution in [1.29, 1.82) is 0 Å². The summed E-state index contributed by atoms with van der Waals surface area (Å²) in [6, 6.07) is -0.335. The molecule has 0 bridgehead atoms. The van der Waals surface area contributed by atoms with Crippen molar-refractivity contribution >= 4 is 11.2 Å². The minimum absolute atomic E-state index is 0.244. The molecule has 7 heteroatoms. The predicted octanol–water partition coefficient (Wildman–Crippen LogP) is 0.872. The van der Waals surface area contributed by atoms with Gasteiger partial charge in [0.1, 0.15) is 5.82 Å². The molecular weight excluding hydrogens is 282 g/mol. The highest BCUT2D eigenvalue weighted by Crippen LogP contribution is 2.13. The van der Waals surface area contributed by atoms with Crippen LogP contribution >= 0.6 is 0 Å². The van der Waals surface area contributed by atoms with Gasteiger partial charge in [-0.15, -0.1) is 0 Å². The molecule has 0 spiro atoms. The summed E-state index contributed by atoms with van der Waals surface area (Å²) in [5, 5.41) is 0. The number of hydrogen-bond donors (Lipinski definition) is 1. The zero-order valence-corrected chi connectivity index (χ0v) is 13.8. The van der Waals surface area contributed by atoms with E-state index in [1.165, 1.54) is 4.57 Å². The maximum Gasteiger partial charge on any atom is 0.333 e. The molecule has 0 saturated carbocycles. The van der Waals surface area contributed by atoms with Crippen LogP contribution in [0.1, 0.15) is 46.0 Å². The molecule has 0 amide bonds. The van der Waals surface area contributed by atoms with E-state index in [1.807, 2.05) is 25.3 Å². The van der Waals surface area contributed by atoms with Crippen LogP contribution in [0.5, 0.6) is 0 Å². The first-order valence-electron chi connectivity index (χ1n) is 7.96. The van der Waals surface area contributed by atoms with Gasteiger partial charge in [0.2, 0.25) is 0 Å². The Bertz CT molecular complexity index is 784. The van der Waals surface area contributed by atoms with Crippen LogP contribution in [0.25, 0.3) is 11.2 Å². The number of nitrogens with zero attached hydrogens (tertiary/aromatic N) is 4. The molecule has 0 saturated heterocycles. The number of nitrogens with two attached hydrogens (primary N) is 1. The summed E-state index contributed by atoms with van der Waals surface area (Å²) in [6.07, 6.45) is 1.51. The summed E-state index contributed by atoms with van der Waals surface area (Å²) in [5.74, 6) is 0.831. The quantitative estimate of drug-likeness (QED) is 0.858. The number of aryl methyl sites for hydroxylation is 3. The average Bonchev–Trinajstić information content (AvgIpc) is 2.89. The van der Waals surface area contributed by atoms with Crippen LogP contribution in [0, 0.1) is 0 Å². The largest absolute Gasteiger partial charge is 0.333 e. The molecule has 7 nitrogen and oxygen atoms in total. The van der Waals surface area contributed by atoms with E-state index in [9.17, 15) is 9.59 Å². The number of rotatable bonds is 6. The van der Waals surface area contributed by atoms with Gasteiger partial charge in [-0.05, 0) is 20.3 Å². The molecule has 22 heavy (non-hydrogen) atoms. The van der Waals surface area contributed by atoms with Crippen molar-refractivity contribution in [3.8, 4) is 0 Å². The summed E-state index contributed by atoms with van der Waals surface area (Å²) >= 11 is 0. The third kappa shape index (κ3) is 2.39. The number of imidazole rings is 1. The average molecular weight is 307 g/mol. The molecule has 1 unspecified atom stereocenters. The van der Waals surface area contributed by atoms with Crippen LogP contribution in [0.4, 0.5) is 0 Å². The smallest absolute Gasteiger partial charge is 0.328 e. The molecule has 2 rings (SSSR count). The molecule has 2 aromatic rings. The fourth-order valence-corrected chi connectivity index (χ4v) is 2.84. The molecule has 2 aromatic heterocycles. The van der Waals surface area contributed by atoms with Gasteiger partial charge in [0.15, 0.2) is 11.2 Å². The third-order valence-corrected chi connectivity index (χ3v) is 4.00. The third-order valence-electron chi connectivity index (χ3n) is 4.00. The number of fused-ring (bicyclic) bond motifs is 1. The van der Waals surface area contributed by atoms with Crippen LogP contribution in [-0.4, -0.2) is 25.2 Å². The highest BCUT2D eigenvalue weighted by molar-refractivity contribution is 5.71. The minimum Gasteiger partial charge on any atom is -0.328 e. The van der Waals surface area contributed by atoms with E-state index >= 15 is 0 Å². The van der Waals surface area contributed by atoms with Gasteiger partial charge in [0.25, 0.3) is 5.56 Å². The molecule has 0 aliphatic heterocycles. The van der Waals surface area contributed by atoms with Crippen molar-refractivity contribution in [1.82, 2.24) is 18.7 Å². The summed E-state index contributed by atoms with van der Waals surface area (Å²) < 4.78 is 4.78. The summed E-state index contributed by atoms with van der Waals surface area (Å²) in [7, 11) is 0. The lowest BCUT2D eigenvalue weighted by molar-refractivity contribution is 0.485. The van der Waals surface area contributed by atoms with Crippen molar-refractivity contribution in [2.24, 2.45) is 5.73 Å². The van der Waals surface area contributed by atoms with Gasteiger partial charge in [-0.3, -0.25) is 13.9 Å². The van der Waals surface area contributed by atoms with Crippen LogP contribution < -0.4 is 17.0 Å². The van der Waals surface area contributed by atoms with Gasteiger partial charge in [-0.2, -0.15) is 0 Å². The van der Waals surface area contributed by atoms with Crippen molar-refractivity contribution < 1.29 is 0 Å². The van der Waals surface area contributed by atoms with Gasteiger partial charge < -0.3 is 10.3 Å². The Morgan fingerprint density at radius 3 is 2.36 bits per heavy atom. The topological polar surface area (TPSA) is 87.8 Å². The molecule has 2 heterocycles. The fraction of sp³-hybridized carbons (Fsp3) is 0.667. The Labute approximate surface area is 129 Å². The second kappa shape index (κ2) is 6.48. The zero-order chi connectivity index (χ0) is 16.4. The van der Waals surface area contributed by atoms with E-state index in [0.717, 1.165) is 12.2 Å². The second-order valence-electron chi connectivity index (χ2n) is 5.49. The second-order valence-corrected chi connectivity index (χ2v) is 5.49. The molecule has 0 fully saturated rings. The molecule has 0 aliphatic rings. The molecule has 1 atom stereocenters. The van der Waals surface area contributed by atoms with Crippen LogP contribution in [-0.2, 0) is 19.5 Å². The lowest BCUT2D eigenvalue weighted by atomic mass is 10.3. The first kappa shape index (κ1) is 16.5. The fourth-order valence-electron chi connectivity index (χ4n) is 2.84. The van der Waals surface area contributed by atoms with E-state index < -0.39 is 0 Å². The lowest BCUT2D eigenvalue weighted by Gasteiger charge is -2.15. The SMILES string of the molecule is CCCn1c(=O)n(C(C)CN)c(=O)c2c1nc(CC)n2CC. The molecule has 0 radical (unpaired) electrons. The van der Waals surface area contributed by atoms with Crippen molar-refractivity contribution in [2.45, 2.75) is 59.7 Å². The zero-order valence-electron chi connectivity index (χ0n) is 13.8. The lowest BCUT2D eigenvalue weighted by Crippen LogP contribution is -2.43. The monoisotopic (exact) mass is 307 g/mol. The minimum atomic E-state index is -0.335. The Morgan fingerprint density at radius 2 is 1.86 bits per heavy atom. The van der Waals surface area contributed by atoms with Gasteiger partial charge in [0, 0.05) is 26.1 Å². The van der Waals surface area contributed by atoms with E-state index in [1.54, 1.807) is 11.5 Å². The van der Waals surface area contributed by atoms with Crippen molar-refractivity contribution in [3.05, 3.63) is 26.7 Å². The standard InChI is InChI=1S/C15H25N5O2/c1-5-8-19-13-12(18(7-3)11(6-2)17-13)14(21)20(15(19)22)10(4)9-16/h10H,5-9,16H2,1-4H3. The molecule has 0 aromatic carbocycles. The van der Waals surface area contributed by atoms with E-state index in [0.29, 0.717) is 30.7 Å². The van der Waals surface area contributed by atoms with Crippen LogP contribution in [0.2, 0.25) is 0 Å². The van der Waals surface area contributed by atoms with E-state index in [2.05, 4.69) is 4.98 Å². The van der Waals surface area contributed by atoms with Gasteiger partial charge in [-0.25, -0.2) is 9.78 Å². The summed E-state index contributed by atoms with van der Waals surface area (Å²) in [6.45, 7) is 9.19. The van der Waals surface area contributed by atoms with Gasteiger partial charge in [0.05, 0.1) is 6.04 Å². The summed E-state index contributed by atoms with van der Waals surface area (Å²) in [4.78, 5) is 30.1. The first-order valence-corrected chi connectivity index (χ1v) is 7.96. The van der Waals surface area contributed by atoms with Crippen molar-refractivity contribution in [2.75, 3.05) is 6.54 Å². The van der Waals surface area contributed by atoms with Gasteiger partial charge in [-0.1, -0.05) is 13.8 Å². The predicted molar refractivity (Wildman–Crippen MR) is 87.4 cm³/mol.